The van der Waals surface area contributed by atoms with Gasteiger partial charge in [0.2, 0.25) is 0 Å². The number of nitrogens with zero attached hydrogens (tertiary/aromatic N) is 1. The number of anilines is 2. The summed E-state index contributed by atoms with van der Waals surface area (Å²) in [5.41, 5.74) is 0.910. The van der Waals surface area contributed by atoms with E-state index in [-0.39, 0.29) is 22.5 Å². The number of hydrogen-bond donors (Lipinski definition) is 2. The molecule has 4 rings (SSSR count). The fourth-order valence-corrected chi connectivity index (χ4v) is 4.97. The fourth-order valence-electron chi connectivity index (χ4n) is 2.92. The highest BCUT2D eigenvalue weighted by Crippen LogP contribution is 2.36. The number of fused-ring (bicyclic) bond motifs is 1. The molecule has 1 amide bonds. The highest BCUT2D eigenvalue weighted by molar-refractivity contribution is 7.92. The second-order valence-corrected chi connectivity index (χ2v) is 9.23. The molecule has 4 aromatic rings. The molecule has 0 saturated heterocycles. The third-order valence-electron chi connectivity index (χ3n) is 4.37. The van der Waals surface area contributed by atoms with Crippen LogP contribution >= 0.6 is 11.3 Å². The number of ether oxygens (including phenoxy) is 1. The maximum atomic E-state index is 14.0. The zero-order valence-electron chi connectivity index (χ0n) is 16.4. The second-order valence-electron chi connectivity index (χ2n) is 6.54. The van der Waals surface area contributed by atoms with Crippen LogP contribution in [0.5, 0.6) is 5.75 Å². The van der Waals surface area contributed by atoms with E-state index in [0.29, 0.717) is 21.8 Å². The van der Waals surface area contributed by atoms with Gasteiger partial charge in [0.15, 0.2) is 5.13 Å². The molecule has 0 spiro atoms. The maximum absolute atomic E-state index is 14.0. The summed E-state index contributed by atoms with van der Waals surface area (Å²) in [4.78, 5) is 15.9. The average Bonchev–Trinajstić information content (AvgIpc) is 3.17. The van der Waals surface area contributed by atoms with Crippen LogP contribution in [0.25, 0.3) is 10.2 Å². The Morgan fingerprint density at radius 3 is 2.53 bits per heavy atom. The topological polar surface area (TPSA) is 97.4 Å². The van der Waals surface area contributed by atoms with Gasteiger partial charge in [0.25, 0.3) is 15.9 Å². The molecule has 1 aromatic heterocycles. The van der Waals surface area contributed by atoms with Crippen LogP contribution in [0, 0.1) is 11.6 Å². The highest BCUT2D eigenvalue weighted by atomic mass is 32.2. The number of methoxy groups -OCH3 is 1. The Kier molecular flexibility index (Phi) is 5.76. The van der Waals surface area contributed by atoms with Gasteiger partial charge in [0.1, 0.15) is 27.8 Å². The van der Waals surface area contributed by atoms with Gasteiger partial charge in [-0.1, -0.05) is 29.5 Å². The van der Waals surface area contributed by atoms with E-state index < -0.39 is 26.6 Å². The number of sulfonamides is 1. The van der Waals surface area contributed by atoms with Gasteiger partial charge in [-0.3, -0.25) is 14.8 Å². The normalized spacial score (nSPS) is 11.3. The van der Waals surface area contributed by atoms with Crippen molar-refractivity contribution in [2.45, 2.75) is 4.90 Å². The SMILES string of the molecule is COc1cc(NS(=O)(=O)c2cc(F)ccc2F)cc2sc(NC(=O)c3ccccc3)nc12. The molecule has 3 aromatic carbocycles. The first-order valence-electron chi connectivity index (χ1n) is 9.09. The Morgan fingerprint density at radius 1 is 1.06 bits per heavy atom. The van der Waals surface area contributed by atoms with Gasteiger partial charge in [0.05, 0.1) is 17.5 Å². The van der Waals surface area contributed by atoms with Crippen LogP contribution in [0.4, 0.5) is 19.6 Å². The largest absolute Gasteiger partial charge is 0.494 e. The predicted octanol–water partition coefficient (Wildman–Crippen LogP) is 4.64. The molecule has 2 N–H and O–H groups in total. The number of nitrogens with one attached hydrogen (secondary N) is 2. The summed E-state index contributed by atoms with van der Waals surface area (Å²) in [6.45, 7) is 0. The lowest BCUT2D eigenvalue weighted by Crippen LogP contribution is -2.15. The summed E-state index contributed by atoms with van der Waals surface area (Å²) in [6, 6.07) is 13.5. The first-order valence-corrected chi connectivity index (χ1v) is 11.4. The smallest absolute Gasteiger partial charge is 0.264 e. The summed E-state index contributed by atoms with van der Waals surface area (Å²) in [6.07, 6.45) is 0. The van der Waals surface area contributed by atoms with E-state index in [1.165, 1.54) is 19.2 Å². The van der Waals surface area contributed by atoms with Crippen molar-refractivity contribution in [1.29, 1.82) is 0 Å². The number of rotatable bonds is 6. The van der Waals surface area contributed by atoms with Crippen molar-refractivity contribution < 1.29 is 26.7 Å². The number of aromatic nitrogens is 1. The summed E-state index contributed by atoms with van der Waals surface area (Å²) < 4.78 is 60.6. The van der Waals surface area contributed by atoms with Gasteiger partial charge in [-0.2, -0.15) is 0 Å². The van der Waals surface area contributed by atoms with Crippen LogP contribution < -0.4 is 14.8 Å². The third kappa shape index (κ3) is 4.39. The van der Waals surface area contributed by atoms with E-state index in [9.17, 15) is 22.0 Å². The number of benzene rings is 3. The average molecular weight is 475 g/mol. The van der Waals surface area contributed by atoms with Gasteiger partial charge in [0, 0.05) is 11.6 Å². The van der Waals surface area contributed by atoms with Crippen molar-refractivity contribution >= 4 is 48.3 Å². The zero-order chi connectivity index (χ0) is 22.9. The Bertz CT molecular complexity index is 1420. The molecule has 0 atom stereocenters. The van der Waals surface area contributed by atoms with Crippen LogP contribution in [0.3, 0.4) is 0 Å². The van der Waals surface area contributed by atoms with Crippen molar-refractivity contribution in [2.75, 3.05) is 17.1 Å². The molecule has 11 heteroatoms. The molecule has 0 unspecified atom stereocenters. The predicted molar refractivity (Wildman–Crippen MR) is 118 cm³/mol. The van der Waals surface area contributed by atoms with Crippen LogP contribution in [-0.4, -0.2) is 26.4 Å². The number of carbonyl (C=O) groups excluding carboxylic acids is 1. The standard InChI is InChI=1S/C21H15F2N3O4S2/c1-30-16-10-14(26-32(28,29)18-9-13(22)7-8-15(18)23)11-17-19(16)24-21(31-17)25-20(27)12-5-3-2-4-6-12/h2-11,26H,1H3,(H,24,25,27). The van der Waals surface area contributed by atoms with E-state index in [1.807, 2.05) is 0 Å². The number of carbonyl (C=O) groups is 1. The Labute approximate surface area is 185 Å². The number of halogens is 2. The van der Waals surface area contributed by atoms with Gasteiger partial charge in [-0.05, 0) is 36.4 Å². The highest BCUT2D eigenvalue weighted by Gasteiger charge is 2.22. The molecule has 0 aliphatic heterocycles. The summed E-state index contributed by atoms with van der Waals surface area (Å²) in [7, 11) is -3.04. The van der Waals surface area contributed by atoms with Crippen molar-refractivity contribution in [3.8, 4) is 5.75 Å². The molecule has 1 heterocycles. The first kappa shape index (κ1) is 21.7. The Hall–Kier alpha value is -3.57. The second kappa shape index (κ2) is 8.52. The molecular weight excluding hydrogens is 460 g/mol. The molecule has 7 nitrogen and oxygen atoms in total. The number of thiazole rings is 1. The van der Waals surface area contributed by atoms with Crippen LogP contribution in [0.2, 0.25) is 0 Å². The fraction of sp³-hybridized carbons (Fsp3) is 0.0476. The minimum absolute atomic E-state index is 0.0580. The van der Waals surface area contributed by atoms with Crippen molar-refractivity contribution in [1.82, 2.24) is 4.98 Å². The third-order valence-corrected chi connectivity index (χ3v) is 6.69. The number of amides is 1. The molecule has 32 heavy (non-hydrogen) atoms. The maximum Gasteiger partial charge on any atom is 0.264 e. The quantitative estimate of drug-likeness (QED) is 0.424. The Balaban J connectivity index is 1.67. The van der Waals surface area contributed by atoms with E-state index in [1.54, 1.807) is 30.3 Å². The zero-order valence-corrected chi connectivity index (χ0v) is 18.1. The molecule has 164 valence electrons. The first-order chi connectivity index (χ1) is 15.3. The summed E-state index contributed by atoms with van der Waals surface area (Å²) >= 11 is 1.10. The molecule has 0 aliphatic rings. The van der Waals surface area contributed by atoms with Gasteiger partial charge >= 0.3 is 0 Å². The van der Waals surface area contributed by atoms with E-state index in [4.69, 9.17) is 4.74 Å². The Morgan fingerprint density at radius 2 is 1.81 bits per heavy atom. The van der Waals surface area contributed by atoms with Crippen molar-refractivity contribution in [3.63, 3.8) is 0 Å². The summed E-state index contributed by atoms with van der Waals surface area (Å²) in [5, 5.41) is 2.97. The lowest BCUT2D eigenvalue weighted by atomic mass is 10.2. The van der Waals surface area contributed by atoms with Crippen LogP contribution in [-0.2, 0) is 10.0 Å². The van der Waals surface area contributed by atoms with Gasteiger partial charge < -0.3 is 4.74 Å². The molecule has 0 fully saturated rings. The molecule has 0 radical (unpaired) electrons. The van der Waals surface area contributed by atoms with E-state index in [2.05, 4.69) is 15.0 Å². The van der Waals surface area contributed by atoms with Crippen LogP contribution in [0.1, 0.15) is 10.4 Å². The van der Waals surface area contributed by atoms with Gasteiger partial charge in [-0.25, -0.2) is 22.2 Å². The molecule has 0 saturated carbocycles. The lowest BCUT2D eigenvalue weighted by Gasteiger charge is -2.10. The minimum atomic E-state index is -4.41. The van der Waals surface area contributed by atoms with Crippen LogP contribution in [0.15, 0.2) is 65.6 Å². The number of hydrogen-bond acceptors (Lipinski definition) is 6. The lowest BCUT2D eigenvalue weighted by molar-refractivity contribution is 0.102. The van der Waals surface area contributed by atoms with Gasteiger partial charge in [-0.15, -0.1) is 0 Å². The summed E-state index contributed by atoms with van der Waals surface area (Å²) in [5.74, 6) is -2.10. The van der Waals surface area contributed by atoms with E-state index in [0.717, 1.165) is 23.5 Å². The molecule has 0 bridgehead atoms. The molecular formula is C21H15F2N3O4S2. The van der Waals surface area contributed by atoms with E-state index >= 15 is 0 Å². The molecule has 0 aliphatic carbocycles. The monoisotopic (exact) mass is 475 g/mol. The van der Waals surface area contributed by atoms with Crippen molar-refractivity contribution in [2.24, 2.45) is 0 Å². The van der Waals surface area contributed by atoms with Crippen molar-refractivity contribution in [3.05, 3.63) is 77.9 Å². The minimum Gasteiger partial charge on any atom is -0.494 e.